The summed E-state index contributed by atoms with van der Waals surface area (Å²) in [6.07, 6.45) is 3.05. The summed E-state index contributed by atoms with van der Waals surface area (Å²) in [6.45, 7) is 4.00. The molecule has 24 heavy (non-hydrogen) atoms. The molecule has 126 valence electrons. The Balaban J connectivity index is 0. The Kier molecular flexibility index (Phi) is 15.2. The fourth-order valence-electron chi connectivity index (χ4n) is 2.32. The van der Waals surface area contributed by atoms with Crippen LogP contribution in [0.3, 0.4) is 0 Å². The summed E-state index contributed by atoms with van der Waals surface area (Å²) < 4.78 is 0. The molecule has 0 heterocycles. The molecular formula is C21H21Cl2Ti-3. The fourth-order valence-corrected chi connectivity index (χ4v) is 2.32. The predicted octanol–water partition coefficient (Wildman–Crippen LogP) is -0.301. The van der Waals surface area contributed by atoms with E-state index in [0.29, 0.717) is 0 Å². The van der Waals surface area contributed by atoms with Crippen LogP contribution in [0.1, 0.15) is 25.0 Å². The average molecular weight is 392 g/mol. The molecule has 4 rings (SSSR count). The van der Waals surface area contributed by atoms with Crippen LogP contribution in [0.4, 0.5) is 0 Å². The van der Waals surface area contributed by atoms with Crippen molar-refractivity contribution in [1.82, 2.24) is 0 Å². The van der Waals surface area contributed by atoms with E-state index in [2.05, 4.69) is 42.5 Å². The molecule has 3 aromatic carbocycles. The fraction of sp³-hybridized carbons (Fsp3) is 0.143. The molecule has 0 saturated heterocycles. The van der Waals surface area contributed by atoms with Crippen LogP contribution in [0.5, 0.6) is 0 Å². The van der Waals surface area contributed by atoms with Crippen molar-refractivity contribution in [3.63, 3.8) is 0 Å². The van der Waals surface area contributed by atoms with E-state index in [1.54, 1.807) is 0 Å². The van der Waals surface area contributed by atoms with Crippen LogP contribution in [-0.4, -0.2) is 0 Å². The van der Waals surface area contributed by atoms with Gasteiger partial charge in [0.05, 0.1) is 0 Å². The Morgan fingerprint density at radius 2 is 1.46 bits per heavy atom. The minimum Gasteiger partial charge on any atom is -1.00 e. The summed E-state index contributed by atoms with van der Waals surface area (Å²) >= 11 is 0. The van der Waals surface area contributed by atoms with Crippen molar-refractivity contribution < 1.29 is 46.5 Å². The monoisotopic (exact) mass is 391 g/mol. The number of rotatable bonds is 0. The Labute approximate surface area is 173 Å². The Bertz CT molecular complexity index is 588. The van der Waals surface area contributed by atoms with Gasteiger partial charge in [0.2, 0.25) is 0 Å². The number of halogens is 2. The standard InChI is InChI=1S/C13H9.C5H5.C3H7.2ClH.Ti/c1-3-7-12-10(5-1)9-11-6-2-4-8-13(11)12;1-2-4-5-3-1;1-3-2;;;/h1-5,7-8H,9H2;1-5H;3H,1-2H3;2*1H;/q3*-1;;;+2/p-2. The molecule has 0 unspecified atom stereocenters. The van der Waals surface area contributed by atoms with E-state index in [9.17, 15) is 0 Å². The van der Waals surface area contributed by atoms with Crippen molar-refractivity contribution in [3.8, 4) is 11.1 Å². The Morgan fingerprint density at radius 1 is 0.875 bits per heavy atom. The maximum absolute atomic E-state index is 3.30. The van der Waals surface area contributed by atoms with Gasteiger partial charge in [-0.2, -0.15) is 61.9 Å². The van der Waals surface area contributed by atoms with Gasteiger partial charge < -0.3 is 31.2 Å². The van der Waals surface area contributed by atoms with Crippen molar-refractivity contribution in [2.45, 2.75) is 20.3 Å². The van der Waals surface area contributed by atoms with E-state index >= 15 is 0 Å². The first-order chi connectivity index (χ1) is 10.4. The van der Waals surface area contributed by atoms with Gasteiger partial charge in [-0.1, -0.05) is 35.4 Å². The molecule has 1 aliphatic carbocycles. The summed E-state index contributed by atoms with van der Waals surface area (Å²) in [7, 11) is 0. The summed E-state index contributed by atoms with van der Waals surface area (Å²) in [5.74, 6) is 0. The molecule has 0 aliphatic heterocycles. The van der Waals surface area contributed by atoms with E-state index in [0.717, 1.165) is 6.42 Å². The zero-order chi connectivity index (χ0) is 14.9. The van der Waals surface area contributed by atoms with Gasteiger partial charge in [0.15, 0.2) is 0 Å². The molecule has 3 aromatic rings. The van der Waals surface area contributed by atoms with Crippen molar-refractivity contribution >= 4 is 0 Å². The quantitative estimate of drug-likeness (QED) is 0.285. The maximum atomic E-state index is 3.30. The molecule has 0 radical (unpaired) electrons. The van der Waals surface area contributed by atoms with E-state index in [-0.39, 0.29) is 46.5 Å². The van der Waals surface area contributed by atoms with Gasteiger partial charge in [-0.25, -0.2) is 12.1 Å². The van der Waals surface area contributed by atoms with Crippen LogP contribution in [0.2, 0.25) is 0 Å². The van der Waals surface area contributed by atoms with Crippen LogP contribution in [0.25, 0.3) is 11.1 Å². The molecule has 0 nitrogen and oxygen atoms in total. The second-order valence-corrected chi connectivity index (χ2v) is 4.94. The number of hydrogen-bond acceptors (Lipinski definition) is 0. The molecule has 0 fully saturated rings. The van der Waals surface area contributed by atoms with Crippen LogP contribution in [-0.2, 0) is 28.1 Å². The average Bonchev–Trinajstić information content (AvgIpc) is 3.19. The number of benzene rings is 2. The molecule has 0 N–H and O–H groups in total. The predicted molar refractivity (Wildman–Crippen MR) is 91.2 cm³/mol. The number of fused-ring (bicyclic) bond motifs is 3. The minimum atomic E-state index is 0. The molecule has 3 heteroatoms. The molecule has 0 atom stereocenters. The van der Waals surface area contributed by atoms with Gasteiger partial charge >= 0.3 is 21.7 Å². The first-order valence-corrected chi connectivity index (χ1v) is 7.35. The van der Waals surface area contributed by atoms with E-state index in [4.69, 9.17) is 0 Å². The summed E-state index contributed by atoms with van der Waals surface area (Å²) in [5, 5.41) is 0. The first kappa shape index (κ1) is 25.3. The third-order valence-corrected chi connectivity index (χ3v) is 3.17. The van der Waals surface area contributed by atoms with Crippen LogP contribution < -0.4 is 24.8 Å². The second-order valence-electron chi connectivity index (χ2n) is 4.94. The van der Waals surface area contributed by atoms with Gasteiger partial charge in [-0.3, -0.25) is 0 Å². The van der Waals surface area contributed by atoms with E-state index in [1.165, 1.54) is 22.3 Å². The third kappa shape index (κ3) is 7.32. The van der Waals surface area contributed by atoms with Crippen LogP contribution in [0.15, 0.2) is 72.8 Å². The third-order valence-electron chi connectivity index (χ3n) is 3.17. The topological polar surface area (TPSA) is 0 Å². The van der Waals surface area contributed by atoms with E-state index < -0.39 is 0 Å². The van der Waals surface area contributed by atoms with Crippen molar-refractivity contribution in [2.24, 2.45) is 0 Å². The van der Waals surface area contributed by atoms with Gasteiger partial charge in [0, 0.05) is 0 Å². The molecule has 0 amide bonds. The van der Waals surface area contributed by atoms with Crippen LogP contribution >= 0.6 is 0 Å². The van der Waals surface area contributed by atoms with Crippen LogP contribution in [0, 0.1) is 12.5 Å². The van der Waals surface area contributed by atoms with Crippen molar-refractivity contribution in [1.29, 1.82) is 0 Å². The summed E-state index contributed by atoms with van der Waals surface area (Å²) in [5.41, 5.74) is 5.51. The first-order valence-electron chi connectivity index (χ1n) is 7.35. The SMILES string of the molecule is C[CH-]C.[Cl-].[Cl-].[Ti+2].[c-]1cccc2c1Cc1ccccc1-2.c1cc[cH-]c1. The van der Waals surface area contributed by atoms with E-state index in [1.807, 2.05) is 56.7 Å². The molecule has 0 saturated carbocycles. The van der Waals surface area contributed by atoms with Crippen molar-refractivity contribution in [2.75, 3.05) is 0 Å². The molecular weight excluding hydrogens is 371 g/mol. The zero-order valence-electron chi connectivity index (χ0n) is 14.0. The molecule has 1 aliphatic rings. The normalized spacial score (nSPS) is 9.08. The van der Waals surface area contributed by atoms with Gasteiger partial charge in [-0.05, 0) is 6.42 Å². The smallest absolute Gasteiger partial charge is 1.00 e. The zero-order valence-corrected chi connectivity index (χ0v) is 17.0. The maximum Gasteiger partial charge on any atom is 2.00 e. The van der Waals surface area contributed by atoms with Crippen molar-refractivity contribution in [3.05, 3.63) is 96.4 Å². The molecule has 0 spiro atoms. The number of hydrogen-bond donors (Lipinski definition) is 0. The second kappa shape index (κ2) is 14.4. The molecule has 0 aromatic heterocycles. The Morgan fingerprint density at radius 3 is 2.04 bits per heavy atom. The minimum absolute atomic E-state index is 0. The molecule has 0 bridgehead atoms. The summed E-state index contributed by atoms with van der Waals surface area (Å²) in [6, 6.07) is 28.1. The van der Waals surface area contributed by atoms with Gasteiger partial charge in [0.25, 0.3) is 0 Å². The van der Waals surface area contributed by atoms with Gasteiger partial charge in [0.1, 0.15) is 0 Å². The van der Waals surface area contributed by atoms with Gasteiger partial charge in [-0.15, -0.1) is 5.56 Å². The Hall–Kier alpha value is -0.916. The summed E-state index contributed by atoms with van der Waals surface area (Å²) in [4.78, 5) is 0. The largest absolute Gasteiger partial charge is 2.00 e.